The van der Waals surface area contributed by atoms with Crippen LogP contribution < -0.4 is 5.32 Å². The van der Waals surface area contributed by atoms with E-state index in [0.29, 0.717) is 5.92 Å². The highest BCUT2D eigenvalue weighted by atomic mass is 32.1. The largest absolute Gasteiger partial charge is 0.331 e. The molecule has 0 amide bonds. The SMILES string of the molecule is CC(C)c1nc(Cn2cnc(CNC3CC3)c2)cs1. The minimum atomic E-state index is 0.514. The zero-order valence-electron chi connectivity index (χ0n) is 11.5. The highest BCUT2D eigenvalue weighted by Gasteiger charge is 2.20. The molecule has 0 saturated heterocycles. The summed E-state index contributed by atoms with van der Waals surface area (Å²) < 4.78 is 2.11. The molecule has 2 aromatic rings. The number of nitrogens with one attached hydrogen (secondary N) is 1. The number of hydrogen-bond acceptors (Lipinski definition) is 4. The Kier molecular flexibility index (Phi) is 3.66. The fraction of sp³-hybridized carbons (Fsp3) is 0.571. The molecule has 3 rings (SSSR count). The van der Waals surface area contributed by atoms with Crippen LogP contribution in [0.5, 0.6) is 0 Å². The first-order chi connectivity index (χ1) is 9.20. The van der Waals surface area contributed by atoms with E-state index in [1.54, 1.807) is 11.3 Å². The van der Waals surface area contributed by atoms with E-state index in [0.717, 1.165) is 30.5 Å². The summed E-state index contributed by atoms with van der Waals surface area (Å²) in [6, 6.07) is 0.734. The fourth-order valence-electron chi connectivity index (χ4n) is 1.97. The maximum absolute atomic E-state index is 4.65. The predicted octanol–water partition coefficient (Wildman–Crippen LogP) is 2.76. The average Bonchev–Trinajstić information content (AvgIpc) is 2.91. The molecule has 1 N–H and O–H groups in total. The van der Waals surface area contributed by atoms with Crippen LogP contribution in [0.1, 0.15) is 49.0 Å². The quantitative estimate of drug-likeness (QED) is 0.882. The third-order valence-corrected chi connectivity index (χ3v) is 4.44. The summed E-state index contributed by atoms with van der Waals surface area (Å²) >= 11 is 1.75. The van der Waals surface area contributed by atoms with Gasteiger partial charge in [0.1, 0.15) is 0 Å². The Hall–Kier alpha value is -1.20. The van der Waals surface area contributed by atoms with Crippen molar-refractivity contribution in [1.29, 1.82) is 0 Å². The first kappa shape index (κ1) is 12.8. The number of rotatable bonds is 6. The summed E-state index contributed by atoms with van der Waals surface area (Å²) in [5.74, 6) is 0.514. The standard InChI is InChI=1S/C14H20N4S/c1-10(2)14-17-13(8-19-14)7-18-6-12(16-9-18)5-15-11-3-4-11/h6,8-11,15H,3-5,7H2,1-2H3. The van der Waals surface area contributed by atoms with Gasteiger partial charge in [0.05, 0.1) is 29.3 Å². The van der Waals surface area contributed by atoms with Crippen LogP contribution >= 0.6 is 11.3 Å². The second-order valence-electron chi connectivity index (χ2n) is 5.52. The lowest BCUT2D eigenvalue weighted by Gasteiger charge is -2.00. The van der Waals surface area contributed by atoms with Crippen molar-refractivity contribution in [3.63, 3.8) is 0 Å². The number of imidazole rings is 1. The molecule has 2 aromatic heterocycles. The molecule has 1 aliphatic rings. The van der Waals surface area contributed by atoms with E-state index in [1.165, 1.54) is 17.8 Å². The Labute approximate surface area is 117 Å². The van der Waals surface area contributed by atoms with E-state index in [-0.39, 0.29) is 0 Å². The van der Waals surface area contributed by atoms with E-state index in [2.05, 4.69) is 45.3 Å². The molecule has 4 nitrogen and oxygen atoms in total. The van der Waals surface area contributed by atoms with Crippen molar-refractivity contribution < 1.29 is 0 Å². The van der Waals surface area contributed by atoms with Gasteiger partial charge in [0.25, 0.3) is 0 Å². The molecule has 0 spiro atoms. The lowest BCUT2D eigenvalue weighted by atomic mass is 10.2. The Morgan fingerprint density at radius 1 is 1.42 bits per heavy atom. The molecule has 2 heterocycles. The highest BCUT2D eigenvalue weighted by Crippen LogP contribution is 2.20. The first-order valence-electron chi connectivity index (χ1n) is 6.89. The zero-order chi connectivity index (χ0) is 13.2. The maximum atomic E-state index is 4.65. The molecule has 0 aliphatic heterocycles. The highest BCUT2D eigenvalue weighted by molar-refractivity contribution is 7.09. The summed E-state index contributed by atoms with van der Waals surface area (Å²) in [5.41, 5.74) is 2.25. The van der Waals surface area contributed by atoms with E-state index < -0.39 is 0 Å². The van der Waals surface area contributed by atoms with Gasteiger partial charge in [-0.3, -0.25) is 0 Å². The minimum absolute atomic E-state index is 0.514. The molecule has 0 radical (unpaired) electrons. The Balaban J connectivity index is 1.58. The molecule has 19 heavy (non-hydrogen) atoms. The molecule has 1 saturated carbocycles. The Morgan fingerprint density at radius 2 is 2.26 bits per heavy atom. The molecular formula is C14H20N4S. The zero-order valence-corrected chi connectivity index (χ0v) is 12.3. The van der Waals surface area contributed by atoms with Crippen LogP contribution in [0, 0.1) is 0 Å². The molecule has 1 aliphatic carbocycles. The van der Waals surface area contributed by atoms with Crippen LogP contribution in [0.25, 0.3) is 0 Å². The number of nitrogens with zero attached hydrogens (tertiary/aromatic N) is 3. The van der Waals surface area contributed by atoms with Crippen molar-refractivity contribution in [2.75, 3.05) is 0 Å². The van der Waals surface area contributed by atoms with E-state index in [9.17, 15) is 0 Å². The summed E-state index contributed by atoms with van der Waals surface area (Å²) in [6.07, 6.45) is 6.65. The van der Waals surface area contributed by atoms with Gasteiger partial charge in [0, 0.05) is 30.1 Å². The van der Waals surface area contributed by atoms with Gasteiger partial charge in [-0.25, -0.2) is 9.97 Å². The smallest absolute Gasteiger partial charge is 0.0954 e. The van der Waals surface area contributed by atoms with Crippen LogP contribution in [0.3, 0.4) is 0 Å². The van der Waals surface area contributed by atoms with Crippen molar-refractivity contribution in [1.82, 2.24) is 19.9 Å². The van der Waals surface area contributed by atoms with Gasteiger partial charge in [0.2, 0.25) is 0 Å². The summed E-state index contributed by atoms with van der Waals surface area (Å²) in [4.78, 5) is 9.08. The Bertz CT molecular complexity index is 539. The van der Waals surface area contributed by atoms with Crippen molar-refractivity contribution in [3.05, 3.63) is 34.3 Å². The second-order valence-corrected chi connectivity index (χ2v) is 6.41. The maximum Gasteiger partial charge on any atom is 0.0954 e. The Morgan fingerprint density at radius 3 is 2.95 bits per heavy atom. The van der Waals surface area contributed by atoms with Gasteiger partial charge in [-0.15, -0.1) is 11.3 Å². The molecule has 0 unspecified atom stereocenters. The van der Waals surface area contributed by atoms with Crippen LogP contribution in [0.4, 0.5) is 0 Å². The molecule has 102 valence electrons. The molecule has 1 fully saturated rings. The lowest BCUT2D eigenvalue weighted by molar-refractivity contribution is 0.675. The van der Waals surface area contributed by atoms with Crippen LogP contribution in [0.15, 0.2) is 17.9 Å². The number of hydrogen-bond donors (Lipinski definition) is 1. The van der Waals surface area contributed by atoms with Gasteiger partial charge in [0.15, 0.2) is 0 Å². The first-order valence-corrected chi connectivity index (χ1v) is 7.77. The van der Waals surface area contributed by atoms with Gasteiger partial charge < -0.3 is 9.88 Å². The van der Waals surface area contributed by atoms with Gasteiger partial charge >= 0.3 is 0 Å². The molecular weight excluding hydrogens is 256 g/mol. The third-order valence-electron chi connectivity index (χ3n) is 3.24. The second kappa shape index (κ2) is 5.43. The van der Waals surface area contributed by atoms with Crippen LogP contribution in [0.2, 0.25) is 0 Å². The molecule has 0 atom stereocenters. The van der Waals surface area contributed by atoms with Gasteiger partial charge in [-0.1, -0.05) is 13.8 Å². The van der Waals surface area contributed by atoms with Crippen LogP contribution in [-0.2, 0) is 13.1 Å². The molecule has 0 aromatic carbocycles. The van der Waals surface area contributed by atoms with Crippen molar-refractivity contribution >= 4 is 11.3 Å². The van der Waals surface area contributed by atoms with E-state index in [1.807, 2.05) is 6.33 Å². The number of aromatic nitrogens is 3. The summed E-state index contributed by atoms with van der Waals surface area (Å²) in [7, 11) is 0. The van der Waals surface area contributed by atoms with Crippen LogP contribution in [-0.4, -0.2) is 20.6 Å². The van der Waals surface area contributed by atoms with Gasteiger partial charge in [-0.2, -0.15) is 0 Å². The minimum Gasteiger partial charge on any atom is -0.331 e. The predicted molar refractivity (Wildman–Crippen MR) is 77.4 cm³/mol. The summed E-state index contributed by atoms with van der Waals surface area (Å²) in [5, 5.41) is 6.84. The number of thiazole rings is 1. The normalized spacial score (nSPS) is 15.3. The third kappa shape index (κ3) is 3.42. The van der Waals surface area contributed by atoms with Crippen molar-refractivity contribution in [3.8, 4) is 0 Å². The fourth-order valence-corrected chi connectivity index (χ4v) is 2.79. The molecule has 0 bridgehead atoms. The van der Waals surface area contributed by atoms with Crippen molar-refractivity contribution in [2.24, 2.45) is 0 Å². The van der Waals surface area contributed by atoms with E-state index in [4.69, 9.17) is 0 Å². The monoisotopic (exact) mass is 276 g/mol. The topological polar surface area (TPSA) is 42.7 Å². The van der Waals surface area contributed by atoms with Crippen molar-refractivity contribution in [2.45, 2.75) is 51.7 Å². The van der Waals surface area contributed by atoms with Gasteiger partial charge in [-0.05, 0) is 12.8 Å². The average molecular weight is 276 g/mol. The molecule has 5 heteroatoms. The lowest BCUT2D eigenvalue weighted by Crippen LogP contribution is -2.15. The summed E-state index contributed by atoms with van der Waals surface area (Å²) in [6.45, 7) is 6.06. The van der Waals surface area contributed by atoms with E-state index >= 15 is 0 Å².